The van der Waals surface area contributed by atoms with Crippen LogP contribution in [-0.2, 0) is 24.7 Å². The van der Waals surface area contributed by atoms with E-state index in [9.17, 15) is 0 Å². The first-order chi connectivity index (χ1) is 13.0. The van der Waals surface area contributed by atoms with Crippen molar-refractivity contribution < 1.29 is 4.74 Å². The van der Waals surface area contributed by atoms with E-state index in [0.717, 1.165) is 50.7 Å². The zero-order valence-corrected chi connectivity index (χ0v) is 17.6. The van der Waals surface area contributed by atoms with Gasteiger partial charge >= 0.3 is 0 Å². The highest BCUT2D eigenvalue weighted by Crippen LogP contribution is 2.26. The van der Waals surface area contributed by atoms with E-state index in [1.165, 1.54) is 21.8 Å². The maximum atomic E-state index is 5.57. The number of aliphatic imine (C=N–C) groups is 1. The van der Waals surface area contributed by atoms with Crippen molar-refractivity contribution in [3.8, 4) is 5.75 Å². The normalized spacial score (nSPS) is 14.0. The van der Waals surface area contributed by atoms with Crippen molar-refractivity contribution in [3.05, 3.63) is 45.4 Å². The monoisotopic (exact) mass is 386 g/mol. The van der Waals surface area contributed by atoms with Crippen molar-refractivity contribution in [3.63, 3.8) is 0 Å². The first-order valence-electron chi connectivity index (χ1n) is 9.60. The molecule has 27 heavy (non-hydrogen) atoms. The van der Waals surface area contributed by atoms with Crippen molar-refractivity contribution in [2.45, 2.75) is 45.4 Å². The van der Waals surface area contributed by atoms with Crippen LogP contribution in [0.1, 0.15) is 42.6 Å². The predicted molar refractivity (Wildman–Crippen MR) is 113 cm³/mol. The molecule has 0 saturated carbocycles. The van der Waals surface area contributed by atoms with Gasteiger partial charge in [0.2, 0.25) is 0 Å². The van der Waals surface area contributed by atoms with E-state index in [1.54, 1.807) is 11.3 Å². The third-order valence-electron chi connectivity index (χ3n) is 4.64. The number of nitrogens with one attached hydrogen (secondary N) is 2. The van der Waals surface area contributed by atoms with Gasteiger partial charge in [-0.3, -0.25) is 4.99 Å². The maximum absolute atomic E-state index is 5.57. The molecule has 1 aromatic heterocycles. The summed E-state index contributed by atoms with van der Waals surface area (Å²) in [6.07, 6.45) is 2.90. The van der Waals surface area contributed by atoms with E-state index in [1.807, 2.05) is 7.05 Å². The average Bonchev–Trinajstić information content (AvgIpc) is 3.28. The maximum Gasteiger partial charge on any atom is 0.191 e. The Morgan fingerprint density at radius 2 is 2.00 bits per heavy atom. The standard InChI is InChI=1S/C21H30N4OS/c1-21(2,3)18-14-27-19(25-18)8-11-24-20(22-4)23-10-7-15-5-6-17-16(13-15)9-12-26-17/h5-6,13-14H,7-12H2,1-4H3,(H2,22,23,24). The molecule has 0 unspecified atom stereocenters. The lowest BCUT2D eigenvalue weighted by atomic mass is 9.93. The van der Waals surface area contributed by atoms with Crippen LogP contribution < -0.4 is 15.4 Å². The van der Waals surface area contributed by atoms with Crippen LogP contribution in [0.5, 0.6) is 5.75 Å². The number of nitrogens with zero attached hydrogens (tertiary/aromatic N) is 2. The summed E-state index contributed by atoms with van der Waals surface area (Å²) in [5, 5.41) is 10.1. The highest BCUT2D eigenvalue weighted by atomic mass is 32.1. The highest BCUT2D eigenvalue weighted by molar-refractivity contribution is 7.09. The van der Waals surface area contributed by atoms with Crippen molar-refractivity contribution in [2.24, 2.45) is 4.99 Å². The smallest absolute Gasteiger partial charge is 0.191 e. The molecule has 2 heterocycles. The SMILES string of the molecule is CN=C(NCCc1ccc2c(c1)CCO2)NCCc1nc(C(C)(C)C)cs1. The molecule has 0 aliphatic carbocycles. The summed E-state index contributed by atoms with van der Waals surface area (Å²) < 4.78 is 5.57. The fourth-order valence-electron chi connectivity index (χ4n) is 3.00. The van der Waals surface area contributed by atoms with E-state index < -0.39 is 0 Å². The van der Waals surface area contributed by atoms with E-state index in [0.29, 0.717) is 0 Å². The Kier molecular flexibility index (Phi) is 6.37. The molecule has 146 valence electrons. The fourth-order valence-corrected chi connectivity index (χ4v) is 4.02. The largest absolute Gasteiger partial charge is 0.493 e. The third-order valence-corrected chi connectivity index (χ3v) is 5.54. The van der Waals surface area contributed by atoms with Crippen LogP contribution in [0.4, 0.5) is 0 Å². The quantitative estimate of drug-likeness (QED) is 0.591. The van der Waals surface area contributed by atoms with Crippen molar-refractivity contribution in [1.29, 1.82) is 0 Å². The number of fused-ring (bicyclic) bond motifs is 1. The van der Waals surface area contributed by atoms with Gasteiger partial charge in [-0.2, -0.15) is 0 Å². The summed E-state index contributed by atoms with van der Waals surface area (Å²) in [6.45, 7) is 9.08. The number of guanidine groups is 1. The minimum atomic E-state index is 0.115. The zero-order valence-electron chi connectivity index (χ0n) is 16.8. The summed E-state index contributed by atoms with van der Waals surface area (Å²) in [7, 11) is 1.81. The molecule has 6 heteroatoms. The number of rotatable bonds is 6. The van der Waals surface area contributed by atoms with E-state index in [2.05, 4.69) is 60.0 Å². The van der Waals surface area contributed by atoms with Crippen molar-refractivity contribution >= 4 is 17.3 Å². The van der Waals surface area contributed by atoms with Crippen LogP contribution in [0.2, 0.25) is 0 Å². The van der Waals surface area contributed by atoms with Crippen molar-refractivity contribution in [2.75, 3.05) is 26.7 Å². The van der Waals surface area contributed by atoms with Crippen molar-refractivity contribution in [1.82, 2.24) is 15.6 Å². The van der Waals surface area contributed by atoms with Gasteiger partial charge in [0.15, 0.2) is 5.96 Å². The minimum absolute atomic E-state index is 0.115. The topological polar surface area (TPSA) is 58.5 Å². The summed E-state index contributed by atoms with van der Waals surface area (Å²) in [6, 6.07) is 6.50. The van der Waals surface area contributed by atoms with Gasteiger partial charge in [-0.25, -0.2) is 4.98 Å². The van der Waals surface area contributed by atoms with Crippen LogP contribution >= 0.6 is 11.3 Å². The summed E-state index contributed by atoms with van der Waals surface area (Å²) in [5.41, 5.74) is 3.95. The van der Waals surface area contributed by atoms with Gasteiger partial charge < -0.3 is 15.4 Å². The first-order valence-corrected chi connectivity index (χ1v) is 10.5. The van der Waals surface area contributed by atoms with E-state index in [-0.39, 0.29) is 5.41 Å². The Morgan fingerprint density at radius 3 is 2.70 bits per heavy atom. The third kappa shape index (κ3) is 5.45. The molecule has 1 aliphatic heterocycles. The van der Waals surface area contributed by atoms with Crippen LogP contribution in [-0.4, -0.2) is 37.7 Å². The predicted octanol–water partition coefficient (Wildman–Crippen LogP) is 3.33. The number of benzene rings is 1. The van der Waals surface area contributed by atoms with Crippen LogP contribution in [0.15, 0.2) is 28.6 Å². The Bertz CT molecular complexity index is 792. The summed E-state index contributed by atoms with van der Waals surface area (Å²) in [5.74, 6) is 1.88. The Morgan fingerprint density at radius 1 is 1.22 bits per heavy atom. The molecule has 0 fully saturated rings. The fraction of sp³-hybridized carbons (Fsp3) is 0.524. The number of ether oxygens (including phenoxy) is 1. The molecule has 3 rings (SSSR count). The van der Waals surface area contributed by atoms with E-state index in [4.69, 9.17) is 9.72 Å². The summed E-state index contributed by atoms with van der Waals surface area (Å²) >= 11 is 1.74. The molecule has 2 N–H and O–H groups in total. The van der Waals surface area contributed by atoms with Gasteiger partial charge in [0, 0.05) is 43.8 Å². The number of aromatic nitrogens is 1. The van der Waals surface area contributed by atoms with Gasteiger partial charge in [0.25, 0.3) is 0 Å². The lowest BCUT2D eigenvalue weighted by molar-refractivity contribution is 0.357. The second-order valence-corrected chi connectivity index (χ2v) is 8.79. The van der Waals surface area contributed by atoms with Gasteiger partial charge in [-0.1, -0.05) is 32.9 Å². The molecule has 5 nitrogen and oxygen atoms in total. The molecule has 0 spiro atoms. The number of hydrogen-bond donors (Lipinski definition) is 2. The zero-order chi connectivity index (χ0) is 19.3. The molecule has 2 aromatic rings. The Labute approximate surface area is 166 Å². The van der Waals surface area contributed by atoms with E-state index >= 15 is 0 Å². The van der Waals surface area contributed by atoms with Gasteiger partial charge in [0.05, 0.1) is 17.3 Å². The molecule has 0 radical (unpaired) electrons. The van der Waals surface area contributed by atoms with Crippen LogP contribution in [0.3, 0.4) is 0 Å². The number of hydrogen-bond acceptors (Lipinski definition) is 4. The van der Waals surface area contributed by atoms with Crippen LogP contribution in [0, 0.1) is 0 Å². The molecule has 0 atom stereocenters. The molecule has 0 amide bonds. The Balaban J connectivity index is 1.40. The summed E-state index contributed by atoms with van der Waals surface area (Å²) in [4.78, 5) is 9.05. The molecule has 0 bridgehead atoms. The lowest BCUT2D eigenvalue weighted by Gasteiger charge is -2.14. The second-order valence-electron chi connectivity index (χ2n) is 7.84. The molecular formula is C21H30N4OS. The molecule has 0 saturated heterocycles. The molecule has 1 aliphatic rings. The lowest BCUT2D eigenvalue weighted by Crippen LogP contribution is -2.39. The Hall–Kier alpha value is -2.08. The molecule has 1 aromatic carbocycles. The van der Waals surface area contributed by atoms with Gasteiger partial charge in [-0.15, -0.1) is 11.3 Å². The van der Waals surface area contributed by atoms with Gasteiger partial charge in [-0.05, 0) is 23.6 Å². The highest BCUT2D eigenvalue weighted by Gasteiger charge is 2.17. The second kappa shape index (κ2) is 8.74. The minimum Gasteiger partial charge on any atom is -0.493 e. The molecular weight excluding hydrogens is 356 g/mol. The average molecular weight is 387 g/mol. The van der Waals surface area contributed by atoms with Crippen LogP contribution in [0.25, 0.3) is 0 Å². The first kappa shape index (κ1) is 19.7. The number of thiazole rings is 1. The van der Waals surface area contributed by atoms with Gasteiger partial charge in [0.1, 0.15) is 5.75 Å².